The lowest BCUT2D eigenvalue weighted by molar-refractivity contribution is 0.0956. The third-order valence-electron chi connectivity index (χ3n) is 6.89. The summed E-state index contributed by atoms with van der Waals surface area (Å²) in [6.45, 7) is 5.91. The van der Waals surface area contributed by atoms with Crippen LogP contribution in [0.2, 0.25) is 0 Å². The van der Waals surface area contributed by atoms with Crippen molar-refractivity contribution in [2.45, 2.75) is 26.2 Å². The number of fused-ring (bicyclic) bond motifs is 2. The van der Waals surface area contributed by atoms with Crippen LogP contribution in [-0.2, 0) is 7.05 Å². The van der Waals surface area contributed by atoms with Gasteiger partial charge in [-0.15, -0.1) is 0 Å². The Morgan fingerprint density at radius 3 is 2.72 bits per heavy atom. The first-order chi connectivity index (χ1) is 17.5. The van der Waals surface area contributed by atoms with Gasteiger partial charge in [0.15, 0.2) is 0 Å². The van der Waals surface area contributed by atoms with Crippen LogP contribution in [0.4, 0.5) is 0 Å². The maximum absolute atomic E-state index is 13.2. The number of amides is 1. The third-order valence-corrected chi connectivity index (χ3v) is 6.89. The van der Waals surface area contributed by atoms with Crippen molar-refractivity contribution in [3.63, 3.8) is 0 Å². The van der Waals surface area contributed by atoms with Crippen LogP contribution in [0.1, 0.15) is 40.7 Å². The minimum atomic E-state index is -0.149. The van der Waals surface area contributed by atoms with Gasteiger partial charge in [-0.05, 0) is 69.3 Å². The van der Waals surface area contributed by atoms with Gasteiger partial charge in [-0.25, -0.2) is 4.98 Å². The Morgan fingerprint density at radius 2 is 1.92 bits per heavy atom. The molecule has 0 bridgehead atoms. The Kier molecular flexibility index (Phi) is 7.04. The fourth-order valence-corrected chi connectivity index (χ4v) is 4.99. The molecule has 1 fully saturated rings. The van der Waals surface area contributed by atoms with Gasteiger partial charge in [0.2, 0.25) is 0 Å². The number of benzene rings is 2. The molecule has 0 spiro atoms. The number of rotatable bonds is 5. The van der Waals surface area contributed by atoms with Gasteiger partial charge >= 0.3 is 0 Å². The number of aromatic nitrogens is 2. The van der Waals surface area contributed by atoms with E-state index in [1.165, 1.54) is 24.8 Å². The van der Waals surface area contributed by atoms with Gasteiger partial charge in [-0.2, -0.15) is 0 Å². The lowest BCUT2D eigenvalue weighted by Gasteiger charge is -2.23. The Balaban J connectivity index is 1.57. The zero-order valence-electron chi connectivity index (χ0n) is 21.1. The summed E-state index contributed by atoms with van der Waals surface area (Å²) >= 11 is 0. The number of pyridine rings is 1. The number of carbonyl (C=O) groups excluding carboxylic acids is 1. The fraction of sp³-hybridized carbons (Fsp3) is 0.333. The van der Waals surface area contributed by atoms with Crippen molar-refractivity contribution < 1.29 is 4.79 Å². The van der Waals surface area contributed by atoms with E-state index in [0.29, 0.717) is 18.7 Å². The molecule has 0 atom stereocenters. The van der Waals surface area contributed by atoms with Gasteiger partial charge < -0.3 is 15.6 Å². The summed E-state index contributed by atoms with van der Waals surface area (Å²) in [4.78, 5) is 20.6. The zero-order chi connectivity index (χ0) is 25.1. The Labute approximate surface area is 212 Å². The molecule has 0 radical (unpaired) electrons. The molecule has 0 unspecified atom stereocenters. The summed E-state index contributed by atoms with van der Waals surface area (Å²) in [5, 5.41) is 4.86. The molecule has 1 saturated heterocycles. The molecule has 1 amide bonds. The van der Waals surface area contributed by atoms with Crippen LogP contribution in [0.3, 0.4) is 0 Å². The summed E-state index contributed by atoms with van der Waals surface area (Å²) in [5.41, 5.74) is 12.0. The van der Waals surface area contributed by atoms with E-state index < -0.39 is 0 Å². The average Bonchev–Trinajstić information content (AvgIpc) is 3.22. The number of aryl methyl sites for hydroxylation is 2. The summed E-state index contributed by atoms with van der Waals surface area (Å²) < 4.78 is 2.10. The first-order valence-electron chi connectivity index (χ1n) is 12.7. The SMILES string of the molecule is Cc1ccc2c(c1)c(-c1cc(C(=O)NCCN)c3cc(C#CCN4CCCCC4)ccc3n1)cn2C. The van der Waals surface area contributed by atoms with E-state index in [4.69, 9.17) is 10.7 Å². The number of nitrogens with zero attached hydrogens (tertiary/aromatic N) is 3. The maximum Gasteiger partial charge on any atom is 0.252 e. The van der Waals surface area contributed by atoms with Gasteiger partial charge in [0.1, 0.15) is 0 Å². The number of hydrogen-bond donors (Lipinski definition) is 2. The molecule has 4 aromatic rings. The molecule has 3 heterocycles. The predicted octanol–water partition coefficient (Wildman–Crippen LogP) is 4.23. The molecule has 3 N–H and O–H groups in total. The second-order valence-electron chi connectivity index (χ2n) is 9.64. The van der Waals surface area contributed by atoms with Crippen LogP contribution in [0.15, 0.2) is 48.7 Å². The summed E-state index contributed by atoms with van der Waals surface area (Å²) in [6.07, 6.45) is 5.91. The quantitative estimate of drug-likeness (QED) is 0.420. The van der Waals surface area contributed by atoms with Gasteiger partial charge in [0.05, 0.1) is 23.3 Å². The molecular weight excluding hydrogens is 446 g/mol. The summed E-state index contributed by atoms with van der Waals surface area (Å²) in [7, 11) is 2.03. The van der Waals surface area contributed by atoms with Crippen LogP contribution in [0.25, 0.3) is 33.1 Å². The Hall–Kier alpha value is -3.66. The number of likely N-dealkylation sites (tertiary alicyclic amines) is 1. The van der Waals surface area contributed by atoms with Crippen molar-refractivity contribution in [1.29, 1.82) is 0 Å². The van der Waals surface area contributed by atoms with Crippen LogP contribution in [0, 0.1) is 18.8 Å². The molecular formula is C30H33N5O. The molecule has 6 heteroatoms. The van der Waals surface area contributed by atoms with Crippen LogP contribution in [0.5, 0.6) is 0 Å². The third kappa shape index (κ3) is 4.99. The van der Waals surface area contributed by atoms with Crippen LogP contribution < -0.4 is 11.1 Å². The molecule has 1 aliphatic heterocycles. The van der Waals surface area contributed by atoms with Crippen molar-refractivity contribution in [2.75, 3.05) is 32.7 Å². The van der Waals surface area contributed by atoms with Gasteiger partial charge in [0.25, 0.3) is 5.91 Å². The topological polar surface area (TPSA) is 76.2 Å². The lowest BCUT2D eigenvalue weighted by Crippen LogP contribution is -2.29. The minimum absolute atomic E-state index is 0.149. The first kappa shape index (κ1) is 24.1. The monoisotopic (exact) mass is 479 g/mol. The molecule has 0 saturated carbocycles. The second kappa shape index (κ2) is 10.5. The van der Waals surface area contributed by atoms with E-state index in [-0.39, 0.29) is 5.91 Å². The van der Waals surface area contributed by atoms with Crippen LogP contribution in [-0.4, -0.2) is 53.1 Å². The Morgan fingerprint density at radius 1 is 1.08 bits per heavy atom. The van der Waals surface area contributed by atoms with Crippen molar-refractivity contribution in [1.82, 2.24) is 19.8 Å². The number of nitrogens with two attached hydrogens (primary N) is 1. The summed E-state index contributed by atoms with van der Waals surface area (Å²) in [5.74, 6) is 6.47. The highest BCUT2D eigenvalue weighted by molar-refractivity contribution is 6.08. The number of carbonyl (C=O) groups is 1. The molecule has 5 rings (SSSR count). The minimum Gasteiger partial charge on any atom is -0.351 e. The van der Waals surface area contributed by atoms with Crippen molar-refractivity contribution in [3.8, 4) is 23.1 Å². The molecule has 2 aromatic heterocycles. The van der Waals surface area contributed by atoms with E-state index in [0.717, 1.165) is 58.3 Å². The standard InChI is InChI=1S/C30H33N5O/c1-21-8-11-29-24(17-21)26(20-34(29)2)28-19-25(30(36)32-13-12-31)23-18-22(9-10-27(23)33-28)7-6-16-35-14-4-3-5-15-35/h8-11,17-20H,3-5,12-16,31H2,1-2H3,(H,32,36). The average molecular weight is 480 g/mol. The molecule has 0 aliphatic carbocycles. The van der Waals surface area contributed by atoms with Crippen molar-refractivity contribution in [2.24, 2.45) is 12.8 Å². The van der Waals surface area contributed by atoms with E-state index in [1.807, 2.05) is 31.3 Å². The normalized spacial score (nSPS) is 14.1. The van der Waals surface area contributed by atoms with E-state index >= 15 is 0 Å². The number of piperidine rings is 1. The van der Waals surface area contributed by atoms with Gasteiger partial charge in [-0.1, -0.05) is 29.9 Å². The van der Waals surface area contributed by atoms with E-state index in [1.54, 1.807) is 0 Å². The highest BCUT2D eigenvalue weighted by Crippen LogP contribution is 2.32. The number of hydrogen-bond acceptors (Lipinski definition) is 4. The first-order valence-corrected chi connectivity index (χ1v) is 12.7. The highest BCUT2D eigenvalue weighted by Gasteiger charge is 2.17. The van der Waals surface area contributed by atoms with Crippen LogP contribution >= 0.6 is 0 Å². The van der Waals surface area contributed by atoms with E-state index in [9.17, 15) is 4.79 Å². The molecule has 1 aliphatic rings. The zero-order valence-corrected chi connectivity index (χ0v) is 21.1. The van der Waals surface area contributed by atoms with Gasteiger partial charge in [0, 0.05) is 53.8 Å². The maximum atomic E-state index is 13.2. The molecule has 36 heavy (non-hydrogen) atoms. The Bertz CT molecular complexity index is 1480. The molecule has 184 valence electrons. The number of nitrogens with one attached hydrogen (secondary N) is 1. The lowest BCUT2D eigenvalue weighted by atomic mass is 10.0. The molecule has 6 nitrogen and oxygen atoms in total. The smallest absolute Gasteiger partial charge is 0.252 e. The van der Waals surface area contributed by atoms with Crippen molar-refractivity contribution in [3.05, 3.63) is 65.4 Å². The molecule has 2 aromatic carbocycles. The highest BCUT2D eigenvalue weighted by atomic mass is 16.1. The summed E-state index contributed by atoms with van der Waals surface area (Å²) in [6, 6.07) is 14.3. The largest absolute Gasteiger partial charge is 0.351 e. The predicted molar refractivity (Wildman–Crippen MR) is 147 cm³/mol. The van der Waals surface area contributed by atoms with Gasteiger partial charge in [-0.3, -0.25) is 9.69 Å². The van der Waals surface area contributed by atoms with E-state index in [2.05, 4.69) is 57.9 Å². The second-order valence-corrected chi connectivity index (χ2v) is 9.64. The van der Waals surface area contributed by atoms with Crippen molar-refractivity contribution >= 4 is 27.7 Å². The fourth-order valence-electron chi connectivity index (χ4n) is 4.99.